The number of hydrogen-bond acceptors (Lipinski definition) is 4. The molecule has 0 aliphatic carbocycles. The summed E-state index contributed by atoms with van der Waals surface area (Å²) in [7, 11) is 0. The normalized spacial score (nSPS) is 10.7. The Bertz CT molecular complexity index is 913. The largest absolute Gasteiger partial charge is 0.325 e. The molecule has 2 aromatic carbocycles. The van der Waals surface area contributed by atoms with E-state index in [2.05, 4.69) is 20.5 Å². The van der Waals surface area contributed by atoms with Gasteiger partial charge in [-0.3, -0.25) is 9.89 Å². The number of aromatic nitrogens is 3. The van der Waals surface area contributed by atoms with Crippen LogP contribution in [0.5, 0.6) is 0 Å². The number of nitrogens with zero attached hydrogens (tertiary/aromatic N) is 2. The van der Waals surface area contributed by atoms with E-state index < -0.39 is 0 Å². The average molecular weight is 393 g/mol. The Kier molecular flexibility index (Phi) is 5.63. The Morgan fingerprint density at radius 2 is 2.04 bits per heavy atom. The van der Waals surface area contributed by atoms with E-state index in [-0.39, 0.29) is 11.7 Å². The molecule has 1 aromatic heterocycles. The molecule has 8 heteroatoms. The predicted molar refractivity (Wildman–Crippen MR) is 102 cm³/mol. The minimum absolute atomic E-state index is 0.153. The number of carbonyl (C=O) groups is 1. The number of hydrogen-bond donors (Lipinski definition) is 2. The highest BCUT2D eigenvalue weighted by atomic mass is 35.5. The Balaban J connectivity index is 1.61. The highest BCUT2D eigenvalue weighted by Gasteiger charge is 2.11. The molecular formula is C17H14Cl2N4OS. The lowest BCUT2D eigenvalue weighted by molar-refractivity contribution is -0.113. The number of anilines is 1. The molecule has 0 saturated carbocycles. The summed E-state index contributed by atoms with van der Waals surface area (Å²) in [6, 6.07) is 12.7. The monoisotopic (exact) mass is 392 g/mol. The summed E-state index contributed by atoms with van der Waals surface area (Å²) in [6.45, 7) is 1.91. The maximum atomic E-state index is 12.1. The molecule has 0 atom stereocenters. The minimum atomic E-state index is -0.153. The van der Waals surface area contributed by atoms with E-state index >= 15 is 0 Å². The van der Waals surface area contributed by atoms with Crippen molar-refractivity contribution in [2.24, 2.45) is 0 Å². The number of thioether (sulfide) groups is 1. The van der Waals surface area contributed by atoms with Crippen molar-refractivity contribution in [3.8, 4) is 11.4 Å². The number of nitrogens with one attached hydrogen (secondary N) is 2. The second-order valence-corrected chi connectivity index (χ2v) is 7.03. The standard InChI is InChI=1S/C17H14Cl2N4OS/c1-10-6-7-11(18)8-14(10)20-15(24)9-25-17-21-16(22-23-17)12-4-2-3-5-13(12)19/h2-8H,9H2,1H3,(H,20,24)(H,21,22,23). The van der Waals surface area contributed by atoms with Gasteiger partial charge in [0, 0.05) is 16.3 Å². The first kappa shape index (κ1) is 17.8. The van der Waals surface area contributed by atoms with Gasteiger partial charge >= 0.3 is 0 Å². The molecule has 1 heterocycles. The summed E-state index contributed by atoms with van der Waals surface area (Å²) >= 11 is 13.3. The van der Waals surface area contributed by atoms with Crippen LogP contribution in [0.1, 0.15) is 5.56 Å². The molecule has 0 unspecified atom stereocenters. The van der Waals surface area contributed by atoms with Gasteiger partial charge in [-0.2, -0.15) is 0 Å². The first-order valence-electron chi connectivity index (χ1n) is 7.39. The van der Waals surface area contributed by atoms with E-state index in [0.717, 1.165) is 11.1 Å². The van der Waals surface area contributed by atoms with Gasteiger partial charge < -0.3 is 5.32 Å². The molecule has 0 fully saturated rings. The van der Waals surface area contributed by atoms with Gasteiger partial charge in [-0.1, -0.05) is 53.2 Å². The Labute approximate surface area is 159 Å². The molecule has 2 N–H and O–H groups in total. The van der Waals surface area contributed by atoms with Gasteiger partial charge in [0.2, 0.25) is 11.1 Å². The van der Waals surface area contributed by atoms with Crippen LogP contribution in [-0.2, 0) is 4.79 Å². The number of H-pyrrole nitrogens is 1. The SMILES string of the molecule is Cc1ccc(Cl)cc1NC(=O)CSc1n[nH]c(-c2ccccc2Cl)n1. The zero-order chi connectivity index (χ0) is 17.8. The second-order valence-electron chi connectivity index (χ2n) is 5.24. The Morgan fingerprint density at radius 3 is 2.84 bits per heavy atom. The van der Waals surface area contributed by atoms with E-state index in [1.165, 1.54) is 11.8 Å². The van der Waals surface area contributed by atoms with Gasteiger partial charge in [-0.15, -0.1) is 5.10 Å². The van der Waals surface area contributed by atoms with Gasteiger partial charge in [-0.25, -0.2) is 4.98 Å². The van der Waals surface area contributed by atoms with E-state index in [1.54, 1.807) is 18.2 Å². The lowest BCUT2D eigenvalue weighted by Gasteiger charge is -2.07. The van der Waals surface area contributed by atoms with Crippen molar-refractivity contribution >= 4 is 46.6 Å². The molecule has 5 nitrogen and oxygen atoms in total. The van der Waals surface area contributed by atoms with Crippen molar-refractivity contribution in [2.75, 3.05) is 11.1 Å². The first-order valence-corrected chi connectivity index (χ1v) is 9.13. The summed E-state index contributed by atoms with van der Waals surface area (Å²) in [5, 5.41) is 11.4. The van der Waals surface area contributed by atoms with Gasteiger partial charge in [0.25, 0.3) is 0 Å². The van der Waals surface area contributed by atoms with Crippen LogP contribution in [0.4, 0.5) is 5.69 Å². The van der Waals surface area contributed by atoms with Crippen molar-refractivity contribution < 1.29 is 4.79 Å². The van der Waals surface area contributed by atoms with E-state index in [0.29, 0.717) is 26.7 Å². The minimum Gasteiger partial charge on any atom is -0.325 e. The fourth-order valence-electron chi connectivity index (χ4n) is 2.13. The predicted octanol–water partition coefficient (Wildman–Crippen LogP) is 4.82. The number of halogens is 2. The zero-order valence-electron chi connectivity index (χ0n) is 13.2. The van der Waals surface area contributed by atoms with Crippen LogP contribution in [-0.4, -0.2) is 26.8 Å². The number of carbonyl (C=O) groups excluding carboxylic acids is 1. The van der Waals surface area contributed by atoms with Crippen LogP contribution in [0.25, 0.3) is 11.4 Å². The van der Waals surface area contributed by atoms with Crippen LogP contribution in [0, 0.1) is 6.92 Å². The third kappa shape index (κ3) is 4.54. The number of benzene rings is 2. The van der Waals surface area contributed by atoms with Crippen molar-refractivity contribution in [1.29, 1.82) is 0 Å². The van der Waals surface area contributed by atoms with Crippen molar-refractivity contribution in [1.82, 2.24) is 15.2 Å². The van der Waals surface area contributed by atoms with E-state index in [1.807, 2.05) is 31.2 Å². The van der Waals surface area contributed by atoms with Gasteiger partial charge in [0.1, 0.15) is 0 Å². The van der Waals surface area contributed by atoms with Gasteiger partial charge in [-0.05, 0) is 36.8 Å². The highest BCUT2D eigenvalue weighted by Crippen LogP contribution is 2.26. The number of rotatable bonds is 5. The van der Waals surface area contributed by atoms with Crippen LogP contribution < -0.4 is 5.32 Å². The number of aromatic amines is 1. The Hall–Kier alpha value is -2.02. The lowest BCUT2D eigenvalue weighted by atomic mass is 10.2. The van der Waals surface area contributed by atoms with Crippen LogP contribution in [0.15, 0.2) is 47.6 Å². The van der Waals surface area contributed by atoms with E-state index in [4.69, 9.17) is 23.2 Å². The molecule has 0 radical (unpaired) electrons. The smallest absolute Gasteiger partial charge is 0.234 e. The molecule has 0 saturated heterocycles. The van der Waals surface area contributed by atoms with Crippen molar-refractivity contribution in [3.63, 3.8) is 0 Å². The molecule has 0 bridgehead atoms. The Morgan fingerprint density at radius 1 is 1.24 bits per heavy atom. The summed E-state index contributed by atoms with van der Waals surface area (Å²) in [6.07, 6.45) is 0. The third-order valence-electron chi connectivity index (χ3n) is 3.40. The summed E-state index contributed by atoms with van der Waals surface area (Å²) in [5.74, 6) is 0.602. The van der Waals surface area contributed by atoms with Gasteiger partial charge in [0.15, 0.2) is 5.82 Å². The lowest BCUT2D eigenvalue weighted by Crippen LogP contribution is -2.14. The van der Waals surface area contributed by atoms with Crippen LogP contribution in [0.3, 0.4) is 0 Å². The second kappa shape index (κ2) is 7.91. The summed E-state index contributed by atoms with van der Waals surface area (Å²) in [5.41, 5.74) is 2.41. The molecule has 0 aliphatic heterocycles. The average Bonchev–Trinajstić information content (AvgIpc) is 3.05. The van der Waals surface area contributed by atoms with Crippen molar-refractivity contribution in [3.05, 3.63) is 58.1 Å². The fourth-order valence-corrected chi connectivity index (χ4v) is 3.13. The van der Waals surface area contributed by atoms with Crippen molar-refractivity contribution in [2.45, 2.75) is 12.1 Å². The summed E-state index contributed by atoms with van der Waals surface area (Å²) < 4.78 is 0. The third-order valence-corrected chi connectivity index (χ3v) is 4.81. The fraction of sp³-hybridized carbons (Fsp3) is 0.118. The molecule has 3 rings (SSSR count). The maximum absolute atomic E-state index is 12.1. The first-order chi connectivity index (χ1) is 12.0. The molecule has 1 amide bonds. The molecule has 128 valence electrons. The molecule has 0 aliphatic rings. The number of amides is 1. The molecular weight excluding hydrogens is 379 g/mol. The maximum Gasteiger partial charge on any atom is 0.234 e. The molecule has 3 aromatic rings. The highest BCUT2D eigenvalue weighted by molar-refractivity contribution is 7.99. The van der Waals surface area contributed by atoms with E-state index in [9.17, 15) is 4.79 Å². The quantitative estimate of drug-likeness (QED) is 0.610. The summed E-state index contributed by atoms with van der Waals surface area (Å²) in [4.78, 5) is 16.5. The van der Waals surface area contributed by atoms with Crippen LogP contribution in [0.2, 0.25) is 10.0 Å². The molecule has 0 spiro atoms. The zero-order valence-corrected chi connectivity index (χ0v) is 15.5. The van der Waals surface area contributed by atoms with Gasteiger partial charge in [0.05, 0.1) is 10.8 Å². The number of aryl methyl sites for hydroxylation is 1. The topological polar surface area (TPSA) is 70.7 Å². The van der Waals surface area contributed by atoms with Crippen LogP contribution >= 0.6 is 35.0 Å². The molecule has 25 heavy (non-hydrogen) atoms.